The van der Waals surface area contributed by atoms with Crippen molar-refractivity contribution < 1.29 is 9.90 Å². The first-order valence-electron chi connectivity index (χ1n) is 4.97. The molecule has 1 aromatic carbocycles. The Balaban J connectivity index is 2.37. The molecule has 4 nitrogen and oxygen atoms in total. The van der Waals surface area contributed by atoms with Crippen molar-refractivity contribution in [2.75, 3.05) is 5.32 Å². The number of rotatable bonds is 3. The molecule has 0 saturated carbocycles. The van der Waals surface area contributed by atoms with Gasteiger partial charge in [0, 0.05) is 20.8 Å². The molecule has 2 rings (SSSR count). The largest absolute Gasteiger partial charge is 0.478 e. The molecule has 0 spiro atoms. The molecule has 0 radical (unpaired) electrons. The summed E-state index contributed by atoms with van der Waals surface area (Å²) < 4.78 is 1.76. The Morgan fingerprint density at radius 1 is 1.22 bits per heavy atom. The number of carbonyl (C=O) groups is 1. The SMILES string of the molecule is O=C(O)c1cccnc1Nc1cc(Br)cc(Br)c1. The van der Waals surface area contributed by atoms with Crippen LogP contribution in [0.15, 0.2) is 45.5 Å². The van der Waals surface area contributed by atoms with E-state index in [1.54, 1.807) is 12.3 Å². The predicted molar refractivity (Wildman–Crippen MR) is 76.3 cm³/mol. The maximum atomic E-state index is 11.0. The van der Waals surface area contributed by atoms with Crippen molar-refractivity contribution in [3.8, 4) is 0 Å². The molecule has 0 aliphatic heterocycles. The van der Waals surface area contributed by atoms with Gasteiger partial charge in [-0.15, -0.1) is 0 Å². The fraction of sp³-hybridized carbons (Fsp3) is 0. The smallest absolute Gasteiger partial charge is 0.339 e. The Morgan fingerprint density at radius 3 is 2.50 bits per heavy atom. The monoisotopic (exact) mass is 370 g/mol. The van der Waals surface area contributed by atoms with E-state index in [-0.39, 0.29) is 5.56 Å². The van der Waals surface area contributed by atoms with Gasteiger partial charge in [0.15, 0.2) is 0 Å². The molecule has 1 heterocycles. The van der Waals surface area contributed by atoms with E-state index in [1.807, 2.05) is 18.2 Å². The second kappa shape index (κ2) is 5.49. The summed E-state index contributed by atoms with van der Waals surface area (Å²) in [5.74, 6) is -0.699. The third-order valence-electron chi connectivity index (χ3n) is 2.16. The maximum Gasteiger partial charge on any atom is 0.339 e. The van der Waals surface area contributed by atoms with Crippen LogP contribution >= 0.6 is 31.9 Å². The van der Waals surface area contributed by atoms with Gasteiger partial charge in [0.25, 0.3) is 0 Å². The van der Waals surface area contributed by atoms with E-state index in [0.29, 0.717) is 5.82 Å². The van der Waals surface area contributed by atoms with Gasteiger partial charge in [0.2, 0.25) is 0 Å². The number of halogens is 2. The second-order valence-electron chi connectivity index (χ2n) is 3.49. The molecule has 0 unspecified atom stereocenters. The van der Waals surface area contributed by atoms with Crippen molar-refractivity contribution in [3.05, 3.63) is 51.0 Å². The van der Waals surface area contributed by atoms with Crippen LogP contribution in [-0.4, -0.2) is 16.1 Å². The lowest BCUT2D eigenvalue weighted by atomic mass is 10.2. The fourth-order valence-electron chi connectivity index (χ4n) is 1.44. The first kappa shape index (κ1) is 13.0. The predicted octanol–water partition coefficient (Wildman–Crippen LogP) is 4.05. The summed E-state index contributed by atoms with van der Waals surface area (Å²) in [7, 11) is 0. The molecule has 0 aliphatic rings. The lowest BCUT2D eigenvalue weighted by Gasteiger charge is -2.09. The summed E-state index contributed by atoms with van der Waals surface area (Å²) in [6, 6.07) is 8.66. The molecule has 1 aromatic heterocycles. The topological polar surface area (TPSA) is 62.2 Å². The van der Waals surface area contributed by atoms with Crippen molar-refractivity contribution in [1.82, 2.24) is 4.98 Å². The highest BCUT2D eigenvalue weighted by atomic mass is 79.9. The number of carboxylic acids is 1. The highest BCUT2D eigenvalue weighted by Gasteiger charge is 2.10. The van der Waals surface area contributed by atoms with Crippen molar-refractivity contribution in [1.29, 1.82) is 0 Å². The zero-order valence-electron chi connectivity index (χ0n) is 9.02. The summed E-state index contributed by atoms with van der Waals surface area (Å²) >= 11 is 6.73. The van der Waals surface area contributed by atoms with Crippen LogP contribution in [0, 0.1) is 0 Å². The van der Waals surface area contributed by atoms with Gasteiger partial charge in [-0.1, -0.05) is 31.9 Å². The van der Waals surface area contributed by atoms with E-state index < -0.39 is 5.97 Å². The summed E-state index contributed by atoms with van der Waals surface area (Å²) in [5.41, 5.74) is 0.881. The molecular weight excluding hydrogens is 364 g/mol. The average molecular weight is 372 g/mol. The van der Waals surface area contributed by atoms with Crippen molar-refractivity contribution in [3.63, 3.8) is 0 Å². The number of anilines is 2. The van der Waals surface area contributed by atoms with E-state index in [9.17, 15) is 4.79 Å². The molecule has 0 fully saturated rings. The Hall–Kier alpha value is -1.40. The van der Waals surface area contributed by atoms with Crippen molar-refractivity contribution in [2.24, 2.45) is 0 Å². The minimum atomic E-state index is -1.01. The number of nitrogens with zero attached hydrogens (tertiary/aromatic N) is 1. The van der Waals surface area contributed by atoms with Gasteiger partial charge in [0.05, 0.1) is 0 Å². The van der Waals surface area contributed by atoms with Gasteiger partial charge in [-0.2, -0.15) is 0 Å². The van der Waals surface area contributed by atoms with E-state index >= 15 is 0 Å². The molecule has 2 aromatic rings. The third-order valence-corrected chi connectivity index (χ3v) is 3.08. The van der Waals surface area contributed by atoms with Crippen LogP contribution in [0.25, 0.3) is 0 Å². The molecule has 18 heavy (non-hydrogen) atoms. The highest BCUT2D eigenvalue weighted by molar-refractivity contribution is 9.11. The van der Waals surface area contributed by atoms with Crippen LogP contribution in [0.3, 0.4) is 0 Å². The molecule has 0 amide bonds. The normalized spacial score (nSPS) is 10.1. The lowest BCUT2D eigenvalue weighted by Crippen LogP contribution is -2.04. The summed E-state index contributed by atoms with van der Waals surface area (Å²) in [6.07, 6.45) is 1.54. The molecule has 2 N–H and O–H groups in total. The molecule has 0 bridgehead atoms. The first-order valence-corrected chi connectivity index (χ1v) is 6.56. The molecule has 92 valence electrons. The van der Waals surface area contributed by atoms with Gasteiger partial charge < -0.3 is 10.4 Å². The van der Waals surface area contributed by atoms with Gasteiger partial charge >= 0.3 is 5.97 Å². The van der Waals surface area contributed by atoms with Crippen molar-refractivity contribution >= 4 is 49.3 Å². The third kappa shape index (κ3) is 3.08. The molecule has 6 heteroatoms. The number of nitrogens with one attached hydrogen (secondary N) is 1. The van der Waals surface area contributed by atoms with E-state index in [1.165, 1.54) is 6.07 Å². The Kier molecular flexibility index (Phi) is 3.98. The number of hydrogen-bond acceptors (Lipinski definition) is 3. The number of benzene rings is 1. The fourth-order valence-corrected chi connectivity index (χ4v) is 2.73. The highest BCUT2D eigenvalue weighted by Crippen LogP contribution is 2.26. The van der Waals surface area contributed by atoms with Gasteiger partial charge in [-0.05, 0) is 30.3 Å². The van der Waals surface area contributed by atoms with Gasteiger partial charge in [-0.3, -0.25) is 0 Å². The van der Waals surface area contributed by atoms with Gasteiger partial charge in [0.1, 0.15) is 11.4 Å². The van der Waals surface area contributed by atoms with Crippen LogP contribution < -0.4 is 5.32 Å². The van der Waals surface area contributed by atoms with E-state index in [0.717, 1.165) is 14.6 Å². The second-order valence-corrected chi connectivity index (χ2v) is 5.32. The minimum absolute atomic E-state index is 0.133. The average Bonchev–Trinajstić information content (AvgIpc) is 2.27. The molecular formula is C12H8Br2N2O2. The van der Waals surface area contributed by atoms with Crippen LogP contribution in [0.1, 0.15) is 10.4 Å². The van der Waals surface area contributed by atoms with Crippen molar-refractivity contribution in [2.45, 2.75) is 0 Å². The van der Waals surface area contributed by atoms with Crippen LogP contribution in [0.5, 0.6) is 0 Å². The Bertz CT molecular complexity index is 582. The minimum Gasteiger partial charge on any atom is -0.478 e. The van der Waals surface area contributed by atoms with Crippen LogP contribution in [0.4, 0.5) is 11.5 Å². The number of pyridine rings is 1. The number of hydrogen-bond donors (Lipinski definition) is 2. The lowest BCUT2D eigenvalue weighted by molar-refractivity contribution is 0.0697. The molecule has 0 aliphatic carbocycles. The van der Waals surface area contributed by atoms with Crippen LogP contribution in [0.2, 0.25) is 0 Å². The Labute approximate surface area is 120 Å². The number of aromatic carboxylic acids is 1. The van der Waals surface area contributed by atoms with E-state index in [4.69, 9.17) is 5.11 Å². The number of carboxylic acid groups (broad SMARTS) is 1. The molecule has 0 saturated heterocycles. The van der Waals surface area contributed by atoms with Gasteiger partial charge in [-0.25, -0.2) is 9.78 Å². The quantitative estimate of drug-likeness (QED) is 0.854. The maximum absolute atomic E-state index is 11.0. The summed E-state index contributed by atoms with van der Waals surface area (Å²) in [5, 5.41) is 12.0. The zero-order chi connectivity index (χ0) is 13.1. The Morgan fingerprint density at radius 2 is 1.89 bits per heavy atom. The summed E-state index contributed by atoms with van der Waals surface area (Å²) in [6.45, 7) is 0. The number of aromatic nitrogens is 1. The van der Waals surface area contributed by atoms with E-state index in [2.05, 4.69) is 42.2 Å². The van der Waals surface area contributed by atoms with Crippen LogP contribution in [-0.2, 0) is 0 Å². The standard InChI is InChI=1S/C12H8Br2N2O2/c13-7-4-8(14)6-9(5-7)16-11-10(12(17)18)2-1-3-15-11/h1-6H,(H,15,16)(H,17,18). The first-order chi connectivity index (χ1) is 8.56. The summed E-state index contributed by atoms with van der Waals surface area (Å²) in [4.78, 5) is 15.1. The zero-order valence-corrected chi connectivity index (χ0v) is 12.2. The molecule has 0 atom stereocenters.